The first kappa shape index (κ1) is 31.4. The fourth-order valence-corrected chi connectivity index (χ4v) is 7.29. The molecule has 3 atom stereocenters. The molecule has 31 heavy (non-hydrogen) atoms. The van der Waals surface area contributed by atoms with Crippen LogP contribution in [0.5, 0.6) is 0 Å². The summed E-state index contributed by atoms with van der Waals surface area (Å²) in [7, 11) is -10.00. The van der Waals surface area contributed by atoms with E-state index >= 15 is 0 Å². The Kier molecular flexibility index (Phi) is 11.4. The summed E-state index contributed by atoms with van der Waals surface area (Å²) in [5.74, 6) is -0.331. The Balaban J connectivity index is 6.35. The van der Waals surface area contributed by atoms with Crippen LogP contribution in [0.15, 0.2) is 0 Å². The topological polar surface area (TPSA) is 63.2 Å². The molecule has 11 heteroatoms. The van der Waals surface area contributed by atoms with Gasteiger partial charge in [0.15, 0.2) is 39.4 Å². The molecule has 0 radical (unpaired) electrons. The zero-order chi connectivity index (χ0) is 25.1. The van der Waals surface area contributed by atoms with Crippen LogP contribution >= 0.6 is 0 Å². The second kappa shape index (κ2) is 11.2. The average Bonchev–Trinajstić information content (AvgIpc) is 2.41. The van der Waals surface area contributed by atoms with Crippen LogP contribution in [0.4, 0.5) is 0 Å². The van der Waals surface area contributed by atoms with Crippen molar-refractivity contribution in [2.24, 2.45) is 0 Å². The molecule has 0 aliphatic rings. The van der Waals surface area contributed by atoms with Crippen LogP contribution in [0, 0.1) is 0 Å². The highest BCUT2D eigenvalue weighted by Gasteiger charge is 2.45. The Hall–Kier alpha value is 0.394. The normalized spacial score (nSPS) is 17.3. The van der Waals surface area contributed by atoms with E-state index in [1.54, 1.807) is 0 Å². The first-order valence-corrected chi connectivity index (χ1v) is 28.3. The third-order valence-electron chi connectivity index (χ3n) is 3.46. The molecule has 6 nitrogen and oxygen atoms in total. The Morgan fingerprint density at radius 3 is 1.32 bits per heavy atom. The smallest absolute Gasteiger partial charge is 0.323 e. The summed E-state index contributed by atoms with van der Waals surface area (Å²) in [5, 5.41) is 0. The molecule has 0 aromatic rings. The van der Waals surface area contributed by atoms with Crippen molar-refractivity contribution < 1.29 is 26.9 Å². The van der Waals surface area contributed by atoms with E-state index in [9.17, 15) is 4.79 Å². The molecular weight excluding hydrogens is 477 g/mol. The van der Waals surface area contributed by atoms with Gasteiger partial charge in [-0.05, 0) is 98.2 Å². The molecule has 0 aliphatic heterocycles. The molecule has 0 saturated carbocycles. The van der Waals surface area contributed by atoms with Gasteiger partial charge < -0.3 is 22.1 Å². The minimum atomic E-state index is -2.11. The van der Waals surface area contributed by atoms with E-state index < -0.39 is 53.8 Å². The van der Waals surface area contributed by atoms with Crippen LogP contribution in [0.3, 0.4) is 0 Å². The van der Waals surface area contributed by atoms with Gasteiger partial charge in [0, 0.05) is 0 Å². The summed E-state index contributed by atoms with van der Waals surface area (Å²) in [6, 6.07) is 0. The lowest BCUT2D eigenvalue weighted by Gasteiger charge is -2.41. The molecule has 186 valence electrons. The summed E-state index contributed by atoms with van der Waals surface area (Å²) in [5.41, 5.74) is 0. The second-order valence-electron chi connectivity index (χ2n) is 13.1. The van der Waals surface area contributed by atoms with Crippen molar-refractivity contribution >= 4 is 47.6 Å². The SMILES string of the molecule is C[Si](C)(C)OC[C@H](O[Si](C)(C)C)[C@H](O[Si](C)(C)C)[C@@H](O[Si](C)(C)C)C(=O)O[Si](C)(C)C. The molecule has 0 fully saturated rings. The van der Waals surface area contributed by atoms with Gasteiger partial charge in [-0.2, -0.15) is 0 Å². The molecule has 0 aliphatic carbocycles. The standard InChI is InChI=1S/C20H50O6Si5/c1-27(2,3)22-16-17(23-28(4,5)6)18(24-29(7,8)9)19(25-30(10,11)12)20(21)26-31(13,14)15/h17-19H,16H2,1-15H3/t17-,18-,19+/m0/s1. The van der Waals surface area contributed by atoms with Crippen molar-refractivity contribution in [3.05, 3.63) is 0 Å². The Bertz CT molecular complexity index is 567. The minimum Gasteiger partial charge on any atom is -0.518 e. The highest BCUT2D eigenvalue weighted by molar-refractivity contribution is 6.72. The van der Waals surface area contributed by atoms with Crippen LogP contribution in [-0.4, -0.2) is 72.5 Å². The third kappa shape index (κ3) is 16.6. The van der Waals surface area contributed by atoms with Crippen molar-refractivity contribution in [3.63, 3.8) is 0 Å². The lowest BCUT2D eigenvalue weighted by atomic mass is 10.1. The van der Waals surface area contributed by atoms with Gasteiger partial charge in [-0.3, -0.25) is 4.79 Å². The molecule has 0 heterocycles. The average molecular weight is 527 g/mol. The van der Waals surface area contributed by atoms with Gasteiger partial charge in [0.1, 0.15) is 6.10 Å². The van der Waals surface area contributed by atoms with Crippen molar-refractivity contribution in [1.29, 1.82) is 0 Å². The highest BCUT2D eigenvalue weighted by atomic mass is 28.4. The molecule has 0 saturated heterocycles. The highest BCUT2D eigenvalue weighted by Crippen LogP contribution is 2.26. The van der Waals surface area contributed by atoms with Gasteiger partial charge in [0.2, 0.25) is 8.32 Å². The van der Waals surface area contributed by atoms with E-state index in [0.717, 1.165) is 0 Å². The second-order valence-corrected chi connectivity index (χ2v) is 35.4. The summed E-state index contributed by atoms with van der Waals surface area (Å²) in [4.78, 5) is 13.4. The number of hydrogen-bond donors (Lipinski definition) is 0. The van der Waals surface area contributed by atoms with Crippen molar-refractivity contribution in [2.75, 3.05) is 6.61 Å². The molecule has 0 rings (SSSR count). The summed E-state index contributed by atoms with van der Waals surface area (Å²) in [6.07, 6.45) is -1.78. The minimum absolute atomic E-state index is 0.331. The van der Waals surface area contributed by atoms with Crippen molar-refractivity contribution in [2.45, 2.75) is 117 Å². The lowest BCUT2D eigenvalue weighted by molar-refractivity contribution is -0.153. The molecule has 0 spiro atoms. The van der Waals surface area contributed by atoms with Crippen LogP contribution in [-0.2, 0) is 26.9 Å². The zero-order valence-electron chi connectivity index (χ0n) is 22.9. The van der Waals surface area contributed by atoms with E-state index in [1.165, 1.54) is 0 Å². The quantitative estimate of drug-likeness (QED) is 0.279. The molecule has 0 aromatic carbocycles. The van der Waals surface area contributed by atoms with Gasteiger partial charge >= 0.3 is 5.97 Å². The lowest BCUT2D eigenvalue weighted by Crippen LogP contribution is -2.58. The number of carbonyl (C=O) groups excluding carboxylic acids is 1. The Labute approximate surface area is 197 Å². The molecular formula is C20H50O6Si5. The maximum absolute atomic E-state index is 13.4. The van der Waals surface area contributed by atoms with E-state index in [-0.39, 0.29) is 12.1 Å². The maximum atomic E-state index is 13.4. The maximum Gasteiger partial charge on any atom is 0.323 e. The summed E-state index contributed by atoms with van der Waals surface area (Å²) in [6.45, 7) is 32.0. The first-order valence-electron chi connectivity index (χ1n) is 11.3. The summed E-state index contributed by atoms with van der Waals surface area (Å²) >= 11 is 0. The van der Waals surface area contributed by atoms with Crippen LogP contribution in [0.2, 0.25) is 98.2 Å². The molecule has 0 amide bonds. The molecule has 0 N–H and O–H groups in total. The van der Waals surface area contributed by atoms with Crippen molar-refractivity contribution in [1.82, 2.24) is 0 Å². The first-order chi connectivity index (χ1) is 13.4. The summed E-state index contributed by atoms with van der Waals surface area (Å²) < 4.78 is 31.9. The molecule has 0 aromatic heterocycles. The Morgan fingerprint density at radius 1 is 0.581 bits per heavy atom. The predicted octanol–water partition coefficient (Wildman–Crippen LogP) is 5.88. The number of hydrogen-bond acceptors (Lipinski definition) is 6. The van der Waals surface area contributed by atoms with E-state index in [4.69, 9.17) is 22.1 Å². The molecule has 0 unspecified atom stereocenters. The number of carbonyl (C=O) groups is 1. The monoisotopic (exact) mass is 526 g/mol. The number of rotatable bonds is 13. The van der Waals surface area contributed by atoms with Crippen LogP contribution in [0.1, 0.15) is 0 Å². The van der Waals surface area contributed by atoms with Gasteiger partial charge in [0.05, 0.1) is 12.7 Å². The fourth-order valence-electron chi connectivity index (χ4n) is 2.71. The van der Waals surface area contributed by atoms with Crippen molar-refractivity contribution in [3.8, 4) is 0 Å². The van der Waals surface area contributed by atoms with Crippen LogP contribution < -0.4 is 0 Å². The van der Waals surface area contributed by atoms with Gasteiger partial charge in [-0.25, -0.2) is 0 Å². The largest absolute Gasteiger partial charge is 0.518 e. The van der Waals surface area contributed by atoms with E-state index in [1.807, 2.05) is 19.6 Å². The van der Waals surface area contributed by atoms with Gasteiger partial charge in [0.25, 0.3) is 0 Å². The van der Waals surface area contributed by atoms with Gasteiger partial charge in [-0.15, -0.1) is 0 Å². The van der Waals surface area contributed by atoms with Gasteiger partial charge in [-0.1, -0.05) is 0 Å². The Morgan fingerprint density at radius 2 is 1.00 bits per heavy atom. The molecule has 0 bridgehead atoms. The predicted molar refractivity (Wildman–Crippen MR) is 143 cm³/mol. The zero-order valence-corrected chi connectivity index (χ0v) is 27.9. The van der Waals surface area contributed by atoms with E-state index in [0.29, 0.717) is 6.61 Å². The van der Waals surface area contributed by atoms with E-state index in [2.05, 4.69) is 78.6 Å². The fraction of sp³-hybridized carbons (Fsp3) is 0.950. The van der Waals surface area contributed by atoms with Crippen LogP contribution in [0.25, 0.3) is 0 Å². The third-order valence-corrected chi connectivity index (χ3v) is 8.26.